The van der Waals surface area contributed by atoms with E-state index in [4.69, 9.17) is 4.74 Å². The molecule has 2 fully saturated rings. The fraction of sp³-hybridized carbons (Fsp3) is 0.667. The minimum absolute atomic E-state index is 0.0956. The van der Waals surface area contributed by atoms with Crippen molar-refractivity contribution in [2.24, 2.45) is 5.92 Å². The number of nitriles is 1. The molecule has 6 nitrogen and oxygen atoms in total. The molecule has 0 spiro atoms. The van der Waals surface area contributed by atoms with Crippen LogP contribution in [-0.2, 0) is 11.3 Å². The second-order valence-electron chi connectivity index (χ2n) is 5.95. The van der Waals surface area contributed by atoms with Gasteiger partial charge in [0.25, 0.3) is 5.56 Å². The Morgan fingerprint density at radius 3 is 2.67 bits per heavy atom. The van der Waals surface area contributed by atoms with Crippen LogP contribution in [0.3, 0.4) is 0 Å². The van der Waals surface area contributed by atoms with Crippen molar-refractivity contribution in [3.8, 4) is 6.07 Å². The summed E-state index contributed by atoms with van der Waals surface area (Å²) in [5.74, 6) is 0.172. The highest BCUT2D eigenvalue weighted by atomic mass is 16.5. The Hall–Kier alpha value is -1.87. The predicted molar refractivity (Wildman–Crippen MR) is 76.2 cm³/mol. The average Bonchev–Trinajstić information content (AvgIpc) is 3.30. The second kappa shape index (κ2) is 5.49. The molecule has 1 aliphatic carbocycles. The van der Waals surface area contributed by atoms with E-state index in [0.29, 0.717) is 18.8 Å². The van der Waals surface area contributed by atoms with Crippen molar-refractivity contribution in [3.05, 3.63) is 32.1 Å². The Bertz CT molecular complexity index is 701. The van der Waals surface area contributed by atoms with E-state index in [9.17, 15) is 14.9 Å². The van der Waals surface area contributed by atoms with Crippen LogP contribution in [0.4, 0.5) is 0 Å². The molecule has 3 rings (SSSR count). The first kappa shape index (κ1) is 14.1. The largest absolute Gasteiger partial charge is 0.381 e. The molecule has 1 aliphatic heterocycles. The quantitative estimate of drug-likeness (QED) is 0.830. The summed E-state index contributed by atoms with van der Waals surface area (Å²) in [6.07, 6.45) is 3.78. The molecule has 0 N–H and O–H groups in total. The van der Waals surface area contributed by atoms with Crippen molar-refractivity contribution < 1.29 is 4.74 Å². The van der Waals surface area contributed by atoms with E-state index in [1.165, 1.54) is 4.57 Å². The van der Waals surface area contributed by atoms with Crippen LogP contribution in [0.1, 0.15) is 43.0 Å². The van der Waals surface area contributed by atoms with E-state index < -0.39 is 5.56 Å². The van der Waals surface area contributed by atoms with Gasteiger partial charge in [0.15, 0.2) is 0 Å². The molecule has 0 amide bonds. The third-order valence-electron chi connectivity index (χ3n) is 4.34. The zero-order chi connectivity index (χ0) is 15.0. The molecule has 112 valence electrons. The van der Waals surface area contributed by atoms with E-state index in [1.54, 1.807) is 11.5 Å². The van der Waals surface area contributed by atoms with Gasteiger partial charge in [-0.25, -0.2) is 4.79 Å². The van der Waals surface area contributed by atoms with Gasteiger partial charge in [0.2, 0.25) is 0 Å². The van der Waals surface area contributed by atoms with E-state index >= 15 is 0 Å². The zero-order valence-electron chi connectivity index (χ0n) is 12.2. The lowest BCUT2D eigenvalue weighted by atomic mass is 10.0. The number of aromatic nitrogens is 2. The fourth-order valence-corrected chi connectivity index (χ4v) is 3.03. The van der Waals surface area contributed by atoms with Gasteiger partial charge < -0.3 is 4.74 Å². The van der Waals surface area contributed by atoms with Crippen molar-refractivity contribution in [2.75, 3.05) is 13.2 Å². The summed E-state index contributed by atoms with van der Waals surface area (Å²) in [5, 5.41) is 9.24. The van der Waals surface area contributed by atoms with E-state index in [2.05, 4.69) is 0 Å². The molecule has 1 saturated heterocycles. The topological polar surface area (TPSA) is 77.0 Å². The van der Waals surface area contributed by atoms with Gasteiger partial charge in [-0.2, -0.15) is 5.26 Å². The van der Waals surface area contributed by atoms with Gasteiger partial charge in [0, 0.05) is 30.8 Å². The van der Waals surface area contributed by atoms with Gasteiger partial charge in [-0.15, -0.1) is 0 Å². The van der Waals surface area contributed by atoms with Crippen LogP contribution in [0.2, 0.25) is 0 Å². The molecule has 2 heterocycles. The molecular formula is C15H19N3O3. The molecule has 1 atom stereocenters. The number of hydrogen-bond donors (Lipinski definition) is 0. The first-order chi connectivity index (χ1) is 10.1. The molecule has 0 bridgehead atoms. The number of rotatable bonds is 3. The van der Waals surface area contributed by atoms with Crippen LogP contribution in [0.25, 0.3) is 0 Å². The SMILES string of the molecule is Cc1c(C#N)c(=O)n(CC2CCCOC2)c(=O)n1C1CC1. The Kier molecular flexibility index (Phi) is 3.68. The van der Waals surface area contributed by atoms with Gasteiger partial charge in [-0.3, -0.25) is 13.9 Å². The molecule has 1 aromatic heterocycles. The van der Waals surface area contributed by atoms with Crippen LogP contribution >= 0.6 is 0 Å². The second-order valence-corrected chi connectivity index (χ2v) is 5.95. The average molecular weight is 289 g/mol. The Morgan fingerprint density at radius 2 is 2.10 bits per heavy atom. The summed E-state index contributed by atoms with van der Waals surface area (Å²) < 4.78 is 8.28. The maximum absolute atomic E-state index is 12.6. The molecule has 0 aromatic carbocycles. The Labute approximate surface area is 122 Å². The number of ether oxygens (including phenoxy) is 1. The third kappa shape index (κ3) is 2.54. The predicted octanol–water partition coefficient (Wildman–Crippen LogP) is 0.952. The van der Waals surface area contributed by atoms with Crippen LogP contribution in [0.5, 0.6) is 0 Å². The van der Waals surface area contributed by atoms with Gasteiger partial charge in [-0.1, -0.05) is 0 Å². The summed E-state index contributed by atoms with van der Waals surface area (Å²) in [6.45, 7) is 3.35. The van der Waals surface area contributed by atoms with Gasteiger partial charge >= 0.3 is 5.69 Å². The molecule has 6 heteroatoms. The molecule has 1 unspecified atom stereocenters. The van der Waals surface area contributed by atoms with Gasteiger partial charge in [0.1, 0.15) is 11.6 Å². The molecule has 0 radical (unpaired) electrons. The van der Waals surface area contributed by atoms with E-state index in [-0.39, 0.29) is 23.2 Å². The molecule has 1 aromatic rings. The zero-order valence-corrected chi connectivity index (χ0v) is 12.2. The highest BCUT2D eigenvalue weighted by molar-refractivity contribution is 5.31. The number of nitrogens with zero attached hydrogens (tertiary/aromatic N) is 3. The summed E-state index contributed by atoms with van der Waals surface area (Å²) in [7, 11) is 0. The standard InChI is InChI=1S/C15H19N3O3/c1-10-13(7-16)14(19)17(8-11-3-2-6-21-9-11)15(20)18(10)12-4-5-12/h11-12H,2-6,8-9H2,1H3. The first-order valence-electron chi connectivity index (χ1n) is 7.47. The van der Waals surface area contributed by atoms with Crippen LogP contribution < -0.4 is 11.2 Å². The van der Waals surface area contributed by atoms with Crippen LogP contribution in [-0.4, -0.2) is 22.3 Å². The van der Waals surface area contributed by atoms with Crippen molar-refractivity contribution in [1.29, 1.82) is 5.26 Å². The summed E-state index contributed by atoms with van der Waals surface area (Å²) >= 11 is 0. The van der Waals surface area contributed by atoms with Crippen LogP contribution in [0, 0.1) is 24.2 Å². The van der Waals surface area contributed by atoms with Crippen molar-refractivity contribution >= 4 is 0 Å². The first-order valence-corrected chi connectivity index (χ1v) is 7.47. The third-order valence-corrected chi connectivity index (χ3v) is 4.34. The smallest absolute Gasteiger partial charge is 0.331 e. The molecule has 21 heavy (non-hydrogen) atoms. The lowest BCUT2D eigenvalue weighted by molar-refractivity contribution is 0.0473. The number of hydrogen-bond acceptors (Lipinski definition) is 4. The van der Waals surface area contributed by atoms with Crippen molar-refractivity contribution in [2.45, 2.75) is 45.2 Å². The molecule has 1 saturated carbocycles. The van der Waals surface area contributed by atoms with E-state index in [0.717, 1.165) is 32.3 Å². The minimum Gasteiger partial charge on any atom is -0.381 e. The minimum atomic E-state index is -0.456. The summed E-state index contributed by atoms with van der Waals surface area (Å²) in [4.78, 5) is 25.0. The maximum Gasteiger partial charge on any atom is 0.331 e. The lowest BCUT2D eigenvalue weighted by Gasteiger charge is -2.23. The van der Waals surface area contributed by atoms with Gasteiger partial charge in [0.05, 0.1) is 6.61 Å². The van der Waals surface area contributed by atoms with Crippen LogP contribution in [0.15, 0.2) is 9.59 Å². The highest BCUT2D eigenvalue weighted by Crippen LogP contribution is 2.34. The van der Waals surface area contributed by atoms with E-state index in [1.807, 2.05) is 6.07 Å². The maximum atomic E-state index is 12.6. The summed E-state index contributed by atoms with van der Waals surface area (Å²) in [6, 6.07) is 2.12. The Morgan fingerprint density at radius 1 is 1.33 bits per heavy atom. The highest BCUT2D eigenvalue weighted by Gasteiger charge is 2.30. The summed E-state index contributed by atoms with van der Waals surface area (Å²) in [5.41, 5.74) is -0.128. The van der Waals surface area contributed by atoms with Gasteiger partial charge in [-0.05, 0) is 32.6 Å². The monoisotopic (exact) mass is 289 g/mol. The molecular weight excluding hydrogens is 270 g/mol. The van der Waals surface area contributed by atoms with Crippen molar-refractivity contribution in [1.82, 2.24) is 9.13 Å². The fourth-order valence-electron chi connectivity index (χ4n) is 3.03. The lowest BCUT2D eigenvalue weighted by Crippen LogP contribution is -2.44. The van der Waals surface area contributed by atoms with Crippen molar-refractivity contribution in [3.63, 3.8) is 0 Å². The Balaban J connectivity index is 2.06. The normalized spacial score (nSPS) is 22.0. The molecule has 2 aliphatic rings.